The van der Waals surface area contributed by atoms with Crippen molar-refractivity contribution in [1.29, 1.82) is 0 Å². The number of hydrogen-bond donors (Lipinski definition) is 0. The maximum atomic E-state index is 5.35. The molecule has 0 aliphatic carbocycles. The third-order valence-corrected chi connectivity index (χ3v) is 3.75. The van der Waals surface area contributed by atoms with Crippen LogP contribution in [0.2, 0.25) is 0 Å². The molecular weight excluding hydrogens is 278 g/mol. The third-order valence-electron chi connectivity index (χ3n) is 3.75. The minimum atomic E-state index is 0.366. The van der Waals surface area contributed by atoms with E-state index in [0.717, 1.165) is 30.2 Å². The number of methoxy groups -OCH3 is 2. The summed E-state index contributed by atoms with van der Waals surface area (Å²) < 4.78 is 10.6. The van der Waals surface area contributed by atoms with Crippen LogP contribution >= 0.6 is 0 Å². The molecule has 0 amide bonds. The monoisotopic (exact) mass is 301 g/mol. The standard InChI is InChI=1S/C17H23N3O2/c1-13(9-15-11-18-7-8-19-15)20(2)12-14-5-6-16(21-3)17(10-14)22-4/h5-8,10-11,13H,9,12H2,1-4H3/t13-/m0/s1. The minimum absolute atomic E-state index is 0.366. The molecule has 0 fully saturated rings. The molecule has 5 heteroatoms. The van der Waals surface area contributed by atoms with Gasteiger partial charge in [-0.15, -0.1) is 0 Å². The fraction of sp³-hybridized carbons (Fsp3) is 0.412. The Labute approximate surface area is 131 Å². The highest BCUT2D eigenvalue weighted by Crippen LogP contribution is 2.28. The SMILES string of the molecule is COc1ccc(CN(C)[C@@H](C)Cc2cnccn2)cc1OC. The molecular formula is C17H23N3O2. The van der Waals surface area contributed by atoms with Gasteiger partial charge in [0.15, 0.2) is 11.5 Å². The summed E-state index contributed by atoms with van der Waals surface area (Å²) >= 11 is 0. The van der Waals surface area contributed by atoms with E-state index in [1.807, 2.05) is 18.3 Å². The molecule has 2 aromatic rings. The molecule has 0 saturated heterocycles. The lowest BCUT2D eigenvalue weighted by Gasteiger charge is -2.24. The van der Waals surface area contributed by atoms with Gasteiger partial charge in [-0.2, -0.15) is 0 Å². The van der Waals surface area contributed by atoms with Gasteiger partial charge >= 0.3 is 0 Å². The maximum absolute atomic E-state index is 5.35. The van der Waals surface area contributed by atoms with Gasteiger partial charge in [-0.05, 0) is 31.7 Å². The van der Waals surface area contributed by atoms with Crippen molar-refractivity contribution in [1.82, 2.24) is 14.9 Å². The van der Waals surface area contributed by atoms with Gasteiger partial charge in [0.05, 0.1) is 19.9 Å². The topological polar surface area (TPSA) is 47.5 Å². The second-order valence-electron chi connectivity index (χ2n) is 5.35. The molecule has 0 N–H and O–H groups in total. The van der Waals surface area contributed by atoms with Crippen molar-refractivity contribution < 1.29 is 9.47 Å². The van der Waals surface area contributed by atoms with E-state index in [0.29, 0.717) is 6.04 Å². The summed E-state index contributed by atoms with van der Waals surface area (Å²) in [5, 5.41) is 0. The zero-order valence-corrected chi connectivity index (χ0v) is 13.6. The van der Waals surface area contributed by atoms with E-state index in [-0.39, 0.29) is 0 Å². The molecule has 0 aliphatic rings. The van der Waals surface area contributed by atoms with E-state index in [1.165, 1.54) is 5.56 Å². The Kier molecular flexibility index (Phi) is 5.72. The smallest absolute Gasteiger partial charge is 0.161 e. The maximum Gasteiger partial charge on any atom is 0.161 e. The van der Waals surface area contributed by atoms with Crippen LogP contribution in [-0.2, 0) is 13.0 Å². The molecule has 0 bridgehead atoms. The van der Waals surface area contributed by atoms with Crippen LogP contribution in [0, 0.1) is 0 Å². The zero-order valence-electron chi connectivity index (χ0n) is 13.6. The number of hydrogen-bond acceptors (Lipinski definition) is 5. The molecule has 0 aliphatic heterocycles. The number of likely N-dealkylation sites (N-methyl/N-ethyl adjacent to an activating group) is 1. The van der Waals surface area contributed by atoms with Crippen LogP contribution in [-0.4, -0.2) is 42.2 Å². The van der Waals surface area contributed by atoms with Gasteiger partial charge in [0.2, 0.25) is 0 Å². The number of nitrogens with zero attached hydrogens (tertiary/aromatic N) is 3. The molecule has 1 aromatic carbocycles. The van der Waals surface area contributed by atoms with Crippen LogP contribution in [0.1, 0.15) is 18.2 Å². The Bertz CT molecular complexity index is 590. The van der Waals surface area contributed by atoms with Gasteiger partial charge in [-0.3, -0.25) is 14.9 Å². The summed E-state index contributed by atoms with van der Waals surface area (Å²) in [6, 6.07) is 6.39. The second-order valence-corrected chi connectivity index (χ2v) is 5.35. The zero-order chi connectivity index (χ0) is 15.9. The number of rotatable bonds is 7. The van der Waals surface area contributed by atoms with Crippen molar-refractivity contribution in [3.05, 3.63) is 48.0 Å². The van der Waals surface area contributed by atoms with Crippen molar-refractivity contribution in [2.75, 3.05) is 21.3 Å². The normalized spacial score (nSPS) is 12.2. The van der Waals surface area contributed by atoms with Crippen LogP contribution in [0.3, 0.4) is 0 Å². The summed E-state index contributed by atoms with van der Waals surface area (Å²) in [6.45, 7) is 3.03. The molecule has 0 radical (unpaired) electrons. The first kappa shape index (κ1) is 16.2. The molecule has 1 heterocycles. The predicted molar refractivity (Wildman–Crippen MR) is 86.2 cm³/mol. The molecule has 1 aromatic heterocycles. The molecule has 2 rings (SSSR count). The van der Waals surface area contributed by atoms with E-state index < -0.39 is 0 Å². The molecule has 0 saturated carbocycles. The molecule has 118 valence electrons. The second kappa shape index (κ2) is 7.75. The van der Waals surface area contributed by atoms with E-state index in [1.54, 1.807) is 26.6 Å². The molecule has 22 heavy (non-hydrogen) atoms. The van der Waals surface area contributed by atoms with Crippen molar-refractivity contribution in [2.45, 2.75) is 25.9 Å². The average molecular weight is 301 g/mol. The Hall–Kier alpha value is -2.14. The summed E-state index contributed by atoms with van der Waals surface area (Å²) in [4.78, 5) is 10.7. The van der Waals surface area contributed by atoms with Gasteiger partial charge in [-0.25, -0.2) is 0 Å². The van der Waals surface area contributed by atoms with Gasteiger partial charge in [0, 0.05) is 37.6 Å². The number of ether oxygens (including phenoxy) is 2. The highest BCUT2D eigenvalue weighted by Gasteiger charge is 2.13. The average Bonchev–Trinajstić information content (AvgIpc) is 2.55. The first-order valence-electron chi connectivity index (χ1n) is 7.30. The number of aromatic nitrogens is 2. The molecule has 0 unspecified atom stereocenters. The Balaban J connectivity index is 2.00. The van der Waals surface area contributed by atoms with Crippen molar-refractivity contribution in [2.24, 2.45) is 0 Å². The minimum Gasteiger partial charge on any atom is -0.493 e. The fourth-order valence-electron chi connectivity index (χ4n) is 2.32. The van der Waals surface area contributed by atoms with Crippen LogP contribution in [0.15, 0.2) is 36.8 Å². The van der Waals surface area contributed by atoms with Crippen molar-refractivity contribution >= 4 is 0 Å². The highest BCUT2D eigenvalue weighted by molar-refractivity contribution is 5.42. The summed E-state index contributed by atoms with van der Waals surface area (Å²) in [6.07, 6.45) is 6.12. The van der Waals surface area contributed by atoms with Gasteiger partial charge < -0.3 is 9.47 Å². The predicted octanol–water partition coefficient (Wildman–Crippen LogP) is 2.56. The van der Waals surface area contributed by atoms with E-state index in [4.69, 9.17) is 9.47 Å². The van der Waals surface area contributed by atoms with Crippen molar-refractivity contribution in [3.8, 4) is 11.5 Å². The van der Waals surface area contributed by atoms with E-state index in [9.17, 15) is 0 Å². The first-order valence-corrected chi connectivity index (χ1v) is 7.30. The van der Waals surface area contributed by atoms with Crippen LogP contribution in [0.4, 0.5) is 0 Å². The Morgan fingerprint density at radius 2 is 1.91 bits per heavy atom. The van der Waals surface area contributed by atoms with E-state index >= 15 is 0 Å². The summed E-state index contributed by atoms with van der Waals surface area (Å²) in [5.41, 5.74) is 2.19. The highest BCUT2D eigenvalue weighted by atomic mass is 16.5. The quantitative estimate of drug-likeness (QED) is 0.786. The van der Waals surface area contributed by atoms with Crippen LogP contribution in [0.25, 0.3) is 0 Å². The van der Waals surface area contributed by atoms with Crippen LogP contribution < -0.4 is 9.47 Å². The van der Waals surface area contributed by atoms with Gasteiger partial charge in [-0.1, -0.05) is 6.07 Å². The first-order chi connectivity index (χ1) is 10.6. The Morgan fingerprint density at radius 3 is 2.55 bits per heavy atom. The van der Waals surface area contributed by atoms with Gasteiger partial charge in [0.25, 0.3) is 0 Å². The molecule has 1 atom stereocenters. The van der Waals surface area contributed by atoms with Crippen LogP contribution in [0.5, 0.6) is 11.5 Å². The lowest BCUT2D eigenvalue weighted by molar-refractivity contribution is 0.246. The lowest BCUT2D eigenvalue weighted by atomic mass is 10.1. The summed E-state index contributed by atoms with van der Waals surface area (Å²) in [7, 11) is 5.41. The largest absolute Gasteiger partial charge is 0.493 e. The number of benzene rings is 1. The van der Waals surface area contributed by atoms with Crippen molar-refractivity contribution in [3.63, 3.8) is 0 Å². The fourth-order valence-corrected chi connectivity index (χ4v) is 2.32. The summed E-state index contributed by atoms with van der Waals surface area (Å²) in [5.74, 6) is 1.51. The lowest BCUT2D eigenvalue weighted by Crippen LogP contribution is -2.30. The third kappa shape index (κ3) is 4.18. The molecule has 0 spiro atoms. The Morgan fingerprint density at radius 1 is 1.14 bits per heavy atom. The van der Waals surface area contributed by atoms with E-state index in [2.05, 4.69) is 34.9 Å². The molecule has 5 nitrogen and oxygen atoms in total. The van der Waals surface area contributed by atoms with Gasteiger partial charge in [0.1, 0.15) is 0 Å².